The highest BCUT2D eigenvalue weighted by Crippen LogP contribution is 2.32. The summed E-state index contributed by atoms with van der Waals surface area (Å²) in [5, 5.41) is 10.4. The van der Waals surface area contributed by atoms with Crippen molar-refractivity contribution in [2.45, 2.75) is 31.5 Å². The maximum Gasteiger partial charge on any atom is 0.470 e. The highest BCUT2D eigenvalue weighted by Gasteiger charge is 2.39. The lowest BCUT2D eigenvalue weighted by molar-refractivity contribution is -0.157. The first-order valence-electron chi connectivity index (χ1n) is 6.94. The number of aromatic nitrogens is 5. The van der Waals surface area contributed by atoms with Crippen LogP contribution in [0.25, 0.3) is 0 Å². The Labute approximate surface area is 128 Å². The number of carbonyl (C=O) groups excluding carboxylic acids is 1. The molecule has 1 aliphatic heterocycles. The smallest absolute Gasteiger partial charge is 0.417 e. The predicted octanol–water partition coefficient (Wildman–Crippen LogP) is 1.09. The fourth-order valence-electron chi connectivity index (χ4n) is 2.47. The first-order valence-corrected chi connectivity index (χ1v) is 6.94. The van der Waals surface area contributed by atoms with Crippen molar-refractivity contribution in [2.24, 2.45) is 0 Å². The Balaban J connectivity index is 1.66. The van der Waals surface area contributed by atoms with Gasteiger partial charge in [-0.3, -0.25) is 4.79 Å². The molecule has 23 heavy (non-hydrogen) atoms. The summed E-state index contributed by atoms with van der Waals surface area (Å²) in [6.07, 6.45) is -0.678. The highest BCUT2D eigenvalue weighted by molar-refractivity contribution is 5.76. The second kappa shape index (κ2) is 5.97. The third-order valence-corrected chi connectivity index (χ3v) is 3.57. The molecule has 1 amide bonds. The molecule has 0 spiro atoms. The Morgan fingerprint density at radius 3 is 2.87 bits per heavy atom. The van der Waals surface area contributed by atoms with Crippen LogP contribution in [0.5, 0.6) is 0 Å². The van der Waals surface area contributed by atoms with E-state index in [-0.39, 0.29) is 24.9 Å². The van der Waals surface area contributed by atoms with Gasteiger partial charge in [0.15, 0.2) is 0 Å². The largest absolute Gasteiger partial charge is 0.470 e. The van der Waals surface area contributed by atoms with Gasteiger partial charge in [-0.2, -0.15) is 18.3 Å². The number of halogens is 3. The normalized spacial score (nSPS) is 19.1. The van der Waals surface area contributed by atoms with E-state index in [9.17, 15) is 18.0 Å². The first kappa shape index (κ1) is 15.4. The van der Waals surface area contributed by atoms with E-state index < -0.39 is 18.0 Å². The zero-order chi connectivity index (χ0) is 16.4. The zero-order valence-corrected chi connectivity index (χ0v) is 11.9. The number of piperidine rings is 1. The number of alkyl halides is 3. The van der Waals surface area contributed by atoms with Crippen molar-refractivity contribution < 1.29 is 22.4 Å². The lowest BCUT2D eigenvalue weighted by atomic mass is 9.98. The second-order valence-electron chi connectivity index (χ2n) is 5.22. The molecule has 1 aliphatic rings. The molecule has 11 heteroatoms. The van der Waals surface area contributed by atoms with Crippen molar-refractivity contribution in [3.63, 3.8) is 0 Å². The lowest BCUT2D eigenvalue weighted by Crippen LogP contribution is -2.41. The molecule has 8 nitrogen and oxygen atoms in total. The second-order valence-corrected chi connectivity index (χ2v) is 5.22. The van der Waals surface area contributed by atoms with Crippen LogP contribution in [-0.4, -0.2) is 48.9 Å². The van der Waals surface area contributed by atoms with E-state index in [1.807, 2.05) is 0 Å². The minimum Gasteiger partial charge on any atom is -0.417 e. The van der Waals surface area contributed by atoms with E-state index in [4.69, 9.17) is 4.42 Å². The van der Waals surface area contributed by atoms with Crippen LogP contribution in [-0.2, 0) is 17.5 Å². The van der Waals surface area contributed by atoms with Gasteiger partial charge in [-0.05, 0) is 12.8 Å². The topological polar surface area (TPSA) is 89.9 Å². The molecule has 0 radical (unpaired) electrons. The summed E-state index contributed by atoms with van der Waals surface area (Å²) in [6, 6.07) is 0. The number of likely N-dealkylation sites (tertiary alicyclic amines) is 1. The van der Waals surface area contributed by atoms with Crippen molar-refractivity contribution in [3.8, 4) is 0 Å². The number of hydrogen-bond acceptors (Lipinski definition) is 6. The molecule has 2 aromatic rings. The summed E-state index contributed by atoms with van der Waals surface area (Å²) in [5.74, 6) is -2.03. The Bertz CT molecular complexity index is 669. The van der Waals surface area contributed by atoms with Crippen LogP contribution in [0.4, 0.5) is 13.2 Å². The van der Waals surface area contributed by atoms with E-state index in [0.29, 0.717) is 19.4 Å². The third-order valence-electron chi connectivity index (χ3n) is 3.57. The molecule has 3 heterocycles. The summed E-state index contributed by atoms with van der Waals surface area (Å²) < 4.78 is 43.6. The highest BCUT2D eigenvalue weighted by atomic mass is 19.4. The molecule has 0 N–H and O–H groups in total. The molecule has 3 rings (SSSR count). The van der Waals surface area contributed by atoms with Gasteiger partial charge in [0.1, 0.15) is 19.2 Å². The number of rotatable bonds is 3. The molecule has 124 valence electrons. The number of hydrogen-bond donors (Lipinski definition) is 0. The molecule has 1 fully saturated rings. The zero-order valence-electron chi connectivity index (χ0n) is 11.9. The summed E-state index contributed by atoms with van der Waals surface area (Å²) in [4.78, 5) is 17.5. The fraction of sp³-hybridized carbons (Fsp3) is 0.583. The van der Waals surface area contributed by atoms with Crippen molar-refractivity contribution in [1.29, 1.82) is 0 Å². The summed E-state index contributed by atoms with van der Waals surface area (Å²) in [7, 11) is 0. The molecule has 1 atom stereocenters. The SMILES string of the molecule is O=C(Cn1cncn1)N1CCCC(c2nnc(C(F)(F)F)o2)C1. The average molecular weight is 330 g/mol. The molecule has 1 saturated heterocycles. The van der Waals surface area contributed by atoms with Gasteiger partial charge in [0.25, 0.3) is 0 Å². The summed E-state index contributed by atoms with van der Waals surface area (Å²) in [5.41, 5.74) is 0. The van der Waals surface area contributed by atoms with Crippen LogP contribution >= 0.6 is 0 Å². The van der Waals surface area contributed by atoms with E-state index in [1.54, 1.807) is 4.90 Å². The molecular weight excluding hydrogens is 317 g/mol. The van der Waals surface area contributed by atoms with Crippen LogP contribution in [0.1, 0.15) is 30.5 Å². The summed E-state index contributed by atoms with van der Waals surface area (Å²) in [6.45, 7) is 0.807. The van der Waals surface area contributed by atoms with Gasteiger partial charge in [-0.1, -0.05) is 0 Å². The van der Waals surface area contributed by atoms with Gasteiger partial charge in [-0.15, -0.1) is 10.2 Å². The van der Waals surface area contributed by atoms with Crippen molar-refractivity contribution in [1.82, 2.24) is 29.9 Å². The maximum absolute atomic E-state index is 12.5. The fourth-order valence-corrected chi connectivity index (χ4v) is 2.47. The van der Waals surface area contributed by atoms with Gasteiger partial charge in [0.2, 0.25) is 11.8 Å². The first-order chi connectivity index (χ1) is 10.9. The predicted molar refractivity (Wildman–Crippen MR) is 67.9 cm³/mol. The molecular formula is C12H13F3N6O2. The molecule has 0 bridgehead atoms. The minimum atomic E-state index is -4.66. The van der Waals surface area contributed by atoms with Crippen LogP contribution in [0.2, 0.25) is 0 Å². The van der Waals surface area contributed by atoms with E-state index in [1.165, 1.54) is 17.3 Å². The minimum absolute atomic E-state index is 0.0321. The average Bonchev–Trinajstić information content (AvgIpc) is 3.18. The lowest BCUT2D eigenvalue weighted by Gasteiger charge is -2.31. The Hall–Kier alpha value is -2.46. The van der Waals surface area contributed by atoms with E-state index in [2.05, 4.69) is 20.3 Å². The molecule has 0 saturated carbocycles. The maximum atomic E-state index is 12.5. The van der Waals surface area contributed by atoms with Crippen LogP contribution in [0.3, 0.4) is 0 Å². The Morgan fingerprint density at radius 1 is 1.39 bits per heavy atom. The van der Waals surface area contributed by atoms with Crippen molar-refractivity contribution in [3.05, 3.63) is 24.4 Å². The van der Waals surface area contributed by atoms with Gasteiger partial charge < -0.3 is 9.32 Å². The summed E-state index contributed by atoms with van der Waals surface area (Å²) >= 11 is 0. The van der Waals surface area contributed by atoms with Crippen LogP contribution in [0.15, 0.2) is 17.1 Å². The molecule has 1 unspecified atom stereocenters. The van der Waals surface area contributed by atoms with Crippen LogP contribution < -0.4 is 0 Å². The monoisotopic (exact) mass is 330 g/mol. The molecule has 0 aliphatic carbocycles. The van der Waals surface area contributed by atoms with Gasteiger partial charge >= 0.3 is 12.1 Å². The molecule has 0 aromatic carbocycles. The van der Waals surface area contributed by atoms with Crippen molar-refractivity contribution in [2.75, 3.05) is 13.1 Å². The number of nitrogens with zero attached hydrogens (tertiary/aromatic N) is 6. The Kier molecular flexibility index (Phi) is 4.01. The van der Waals surface area contributed by atoms with Crippen LogP contribution in [0, 0.1) is 0 Å². The number of carbonyl (C=O) groups is 1. The quantitative estimate of drug-likeness (QED) is 0.837. The van der Waals surface area contributed by atoms with Gasteiger partial charge in [0.05, 0.1) is 5.92 Å². The van der Waals surface area contributed by atoms with E-state index in [0.717, 1.165) is 0 Å². The third kappa shape index (κ3) is 3.48. The van der Waals surface area contributed by atoms with Gasteiger partial charge in [0, 0.05) is 13.1 Å². The van der Waals surface area contributed by atoms with Gasteiger partial charge in [-0.25, -0.2) is 9.67 Å². The molecule has 2 aromatic heterocycles. The number of amides is 1. The van der Waals surface area contributed by atoms with Crippen molar-refractivity contribution >= 4 is 5.91 Å². The Morgan fingerprint density at radius 2 is 2.22 bits per heavy atom. The van der Waals surface area contributed by atoms with E-state index >= 15 is 0 Å². The standard InChI is InChI=1S/C12H13F3N6O2/c13-12(14,15)11-19-18-10(23-11)8-2-1-3-20(4-8)9(22)5-21-7-16-6-17-21/h6-8H,1-5H2.